The molecule has 0 aromatic carbocycles. The minimum absolute atomic E-state index is 0.800. The molecular formula is C9H13N2. The molecule has 0 atom stereocenters. The van der Waals surface area contributed by atoms with Gasteiger partial charge in [0.2, 0.25) is 0 Å². The van der Waals surface area contributed by atoms with Gasteiger partial charge in [0.25, 0.3) is 0 Å². The molecule has 0 amide bonds. The lowest BCUT2D eigenvalue weighted by molar-refractivity contribution is 0.709. The number of rotatable bonds is 2. The molecule has 0 spiro atoms. The van der Waals surface area contributed by atoms with E-state index < -0.39 is 0 Å². The maximum atomic E-state index is 4.14. The van der Waals surface area contributed by atoms with E-state index in [4.69, 9.17) is 0 Å². The molecule has 0 aliphatic heterocycles. The van der Waals surface area contributed by atoms with Gasteiger partial charge in [0.05, 0.1) is 0 Å². The summed E-state index contributed by atoms with van der Waals surface area (Å²) >= 11 is 0. The first-order chi connectivity index (χ1) is 5.33. The van der Waals surface area contributed by atoms with Crippen molar-refractivity contribution in [2.24, 2.45) is 7.05 Å². The molecule has 0 N–H and O–H groups in total. The van der Waals surface area contributed by atoms with Gasteiger partial charge in [-0.2, -0.15) is 5.10 Å². The van der Waals surface area contributed by atoms with Crippen LogP contribution in [-0.4, -0.2) is 9.78 Å². The molecule has 1 fully saturated rings. The van der Waals surface area contributed by atoms with Crippen molar-refractivity contribution < 1.29 is 0 Å². The highest BCUT2D eigenvalue weighted by molar-refractivity contribution is 5.24. The third-order valence-corrected chi connectivity index (χ3v) is 2.31. The van der Waals surface area contributed by atoms with E-state index in [1.165, 1.54) is 24.1 Å². The Morgan fingerprint density at radius 2 is 2.36 bits per heavy atom. The summed E-state index contributed by atoms with van der Waals surface area (Å²) in [6, 6.07) is 0. The zero-order valence-electron chi connectivity index (χ0n) is 7.09. The summed E-state index contributed by atoms with van der Waals surface area (Å²) in [7, 11) is 2.02. The Hall–Kier alpha value is -0.790. The fourth-order valence-electron chi connectivity index (χ4n) is 1.57. The molecule has 1 aliphatic carbocycles. The van der Waals surface area contributed by atoms with Crippen molar-refractivity contribution in [1.82, 2.24) is 9.78 Å². The van der Waals surface area contributed by atoms with Crippen LogP contribution < -0.4 is 0 Å². The lowest BCUT2D eigenvalue weighted by Crippen LogP contribution is -1.97. The second-order valence-electron chi connectivity index (χ2n) is 3.23. The summed E-state index contributed by atoms with van der Waals surface area (Å²) in [5.74, 6) is 0.800. The minimum Gasteiger partial charge on any atom is -0.271 e. The zero-order chi connectivity index (χ0) is 7.84. The summed E-state index contributed by atoms with van der Waals surface area (Å²) in [6.07, 6.45) is 6.82. The molecule has 0 bridgehead atoms. The summed E-state index contributed by atoms with van der Waals surface area (Å²) < 4.78 is 1.98. The Kier molecular flexibility index (Phi) is 1.48. The third-order valence-electron chi connectivity index (χ3n) is 2.31. The van der Waals surface area contributed by atoms with Crippen LogP contribution in [0, 0.1) is 6.20 Å². The van der Waals surface area contributed by atoms with Crippen LogP contribution in [-0.2, 0) is 13.5 Å². The predicted octanol–water partition coefficient (Wildman–Crippen LogP) is 1.66. The maximum absolute atomic E-state index is 4.14. The Balaban J connectivity index is 2.38. The summed E-state index contributed by atoms with van der Waals surface area (Å²) in [6.45, 7) is 2.17. The first kappa shape index (κ1) is 6.89. The number of aromatic nitrogens is 2. The minimum atomic E-state index is 0.800. The molecule has 2 nitrogen and oxygen atoms in total. The SMILES string of the molecule is CCc1[c]nn(C)c1C1CC1. The average Bonchev–Trinajstić information content (AvgIpc) is 2.76. The lowest BCUT2D eigenvalue weighted by Gasteiger charge is -2.00. The van der Waals surface area contributed by atoms with E-state index in [1.54, 1.807) is 0 Å². The Morgan fingerprint density at radius 1 is 1.64 bits per heavy atom. The standard InChI is InChI=1S/C9H13N2/c1-3-7-6-10-11(2)9(7)8-4-5-8/h8H,3-5H2,1-2H3. The van der Waals surface area contributed by atoms with Gasteiger partial charge in [-0.15, -0.1) is 0 Å². The van der Waals surface area contributed by atoms with Gasteiger partial charge >= 0.3 is 0 Å². The van der Waals surface area contributed by atoms with Crippen LogP contribution in [0.4, 0.5) is 0 Å². The van der Waals surface area contributed by atoms with Crippen LogP contribution >= 0.6 is 0 Å². The van der Waals surface area contributed by atoms with Gasteiger partial charge in [-0.25, -0.2) is 0 Å². The van der Waals surface area contributed by atoms with Gasteiger partial charge in [-0.1, -0.05) is 6.92 Å². The van der Waals surface area contributed by atoms with Gasteiger partial charge in [-0.3, -0.25) is 4.68 Å². The average molecular weight is 149 g/mol. The van der Waals surface area contributed by atoms with Crippen molar-refractivity contribution in [2.45, 2.75) is 32.1 Å². The van der Waals surface area contributed by atoms with E-state index >= 15 is 0 Å². The molecule has 1 radical (unpaired) electrons. The van der Waals surface area contributed by atoms with Gasteiger partial charge < -0.3 is 0 Å². The van der Waals surface area contributed by atoms with Gasteiger partial charge in [0.1, 0.15) is 6.20 Å². The van der Waals surface area contributed by atoms with Gasteiger partial charge in [0.15, 0.2) is 0 Å². The van der Waals surface area contributed by atoms with E-state index in [-0.39, 0.29) is 0 Å². The molecule has 1 saturated carbocycles. The Bertz CT molecular complexity index is 259. The smallest absolute Gasteiger partial charge is 0.116 e. The van der Waals surface area contributed by atoms with Gasteiger partial charge in [-0.05, 0) is 19.3 Å². The first-order valence-corrected chi connectivity index (χ1v) is 4.26. The molecule has 11 heavy (non-hydrogen) atoms. The molecular weight excluding hydrogens is 136 g/mol. The van der Waals surface area contributed by atoms with Crippen LogP contribution in [0.1, 0.15) is 36.9 Å². The van der Waals surface area contributed by atoms with Crippen LogP contribution in [0.3, 0.4) is 0 Å². The van der Waals surface area contributed by atoms with Crippen molar-refractivity contribution in [3.8, 4) is 0 Å². The fourth-order valence-corrected chi connectivity index (χ4v) is 1.57. The van der Waals surface area contributed by atoms with E-state index in [2.05, 4.69) is 18.2 Å². The van der Waals surface area contributed by atoms with E-state index in [0.717, 1.165) is 12.3 Å². The van der Waals surface area contributed by atoms with Crippen molar-refractivity contribution in [3.63, 3.8) is 0 Å². The highest BCUT2D eigenvalue weighted by Crippen LogP contribution is 2.41. The van der Waals surface area contributed by atoms with Crippen LogP contribution in [0.2, 0.25) is 0 Å². The number of nitrogens with zero attached hydrogens (tertiary/aromatic N) is 2. The third kappa shape index (κ3) is 1.06. The normalized spacial score (nSPS) is 17.3. The van der Waals surface area contributed by atoms with E-state index in [1.807, 2.05) is 11.7 Å². The number of aryl methyl sites for hydroxylation is 2. The molecule has 1 aliphatic rings. The molecule has 2 heteroatoms. The molecule has 0 unspecified atom stereocenters. The highest BCUT2D eigenvalue weighted by atomic mass is 15.3. The largest absolute Gasteiger partial charge is 0.271 e. The molecule has 1 aromatic rings. The van der Waals surface area contributed by atoms with Gasteiger partial charge in [0, 0.05) is 24.2 Å². The Morgan fingerprint density at radius 3 is 2.91 bits per heavy atom. The molecule has 59 valence electrons. The first-order valence-electron chi connectivity index (χ1n) is 4.26. The summed E-state index contributed by atoms with van der Waals surface area (Å²) in [4.78, 5) is 0. The molecule has 1 heterocycles. The summed E-state index contributed by atoms with van der Waals surface area (Å²) in [5, 5.41) is 4.14. The van der Waals surface area contributed by atoms with Crippen molar-refractivity contribution in [3.05, 3.63) is 17.5 Å². The van der Waals surface area contributed by atoms with Crippen LogP contribution in [0.5, 0.6) is 0 Å². The molecule has 2 rings (SSSR count). The number of hydrogen-bond donors (Lipinski definition) is 0. The number of hydrogen-bond acceptors (Lipinski definition) is 1. The van der Waals surface area contributed by atoms with Crippen LogP contribution in [0.25, 0.3) is 0 Å². The monoisotopic (exact) mass is 149 g/mol. The summed E-state index contributed by atoms with van der Waals surface area (Å²) in [5.41, 5.74) is 2.74. The topological polar surface area (TPSA) is 17.8 Å². The van der Waals surface area contributed by atoms with Crippen molar-refractivity contribution in [2.75, 3.05) is 0 Å². The van der Waals surface area contributed by atoms with Crippen molar-refractivity contribution >= 4 is 0 Å². The quantitative estimate of drug-likeness (QED) is 0.625. The van der Waals surface area contributed by atoms with E-state index in [9.17, 15) is 0 Å². The molecule has 1 aromatic heterocycles. The second-order valence-corrected chi connectivity index (χ2v) is 3.23. The maximum Gasteiger partial charge on any atom is 0.116 e. The molecule has 0 saturated heterocycles. The lowest BCUT2D eigenvalue weighted by atomic mass is 10.1. The highest BCUT2D eigenvalue weighted by Gasteiger charge is 2.28. The fraction of sp³-hybridized carbons (Fsp3) is 0.667. The van der Waals surface area contributed by atoms with E-state index in [0.29, 0.717) is 0 Å². The zero-order valence-corrected chi connectivity index (χ0v) is 7.09. The Labute approximate surface area is 67.2 Å². The second kappa shape index (κ2) is 2.36. The van der Waals surface area contributed by atoms with Crippen molar-refractivity contribution in [1.29, 1.82) is 0 Å². The predicted molar refractivity (Wildman–Crippen MR) is 43.4 cm³/mol. The van der Waals surface area contributed by atoms with Crippen LogP contribution in [0.15, 0.2) is 0 Å².